The molecule has 126 valence electrons. The summed E-state index contributed by atoms with van der Waals surface area (Å²) in [7, 11) is -3.41. The molecule has 0 fully saturated rings. The number of alkyl halides is 1. The van der Waals surface area contributed by atoms with E-state index in [1.807, 2.05) is 11.4 Å². The van der Waals surface area contributed by atoms with Crippen LogP contribution in [0.3, 0.4) is 0 Å². The van der Waals surface area contributed by atoms with E-state index in [9.17, 15) is 8.42 Å². The van der Waals surface area contributed by atoms with Gasteiger partial charge in [0.25, 0.3) is 0 Å². The maximum atomic E-state index is 12.0. The fourth-order valence-corrected chi connectivity index (χ4v) is 4.65. The first-order valence-corrected chi connectivity index (χ1v) is 10.5. The number of thiophene rings is 1. The Morgan fingerprint density at radius 1 is 1.29 bits per heavy atom. The lowest BCUT2D eigenvalue weighted by Crippen LogP contribution is -2.16. The molecule has 3 rings (SSSR count). The van der Waals surface area contributed by atoms with Crippen LogP contribution >= 0.6 is 34.5 Å². The summed E-state index contributed by atoms with van der Waals surface area (Å²) in [4.78, 5) is 8.24. The molecule has 0 spiro atoms. The first kappa shape index (κ1) is 17.4. The molecule has 1 N–H and O–H groups in total. The minimum Gasteiger partial charge on any atom is -0.284 e. The van der Waals surface area contributed by atoms with Crippen LogP contribution in [0.1, 0.15) is 6.42 Å². The summed E-state index contributed by atoms with van der Waals surface area (Å²) in [6.45, 7) is 0. The SMILES string of the molecule is O=S(=O)(CCCCl)Nc1cccc(-c2csc3cnc(Cl)nc23)c1. The van der Waals surface area contributed by atoms with Gasteiger partial charge in [-0.1, -0.05) is 12.1 Å². The van der Waals surface area contributed by atoms with E-state index in [1.165, 1.54) is 11.3 Å². The predicted molar refractivity (Wildman–Crippen MR) is 101 cm³/mol. The monoisotopic (exact) mass is 401 g/mol. The van der Waals surface area contributed by atoms with Crippen molar-refractivity contribution in [1.29, 1.82) is 0 Å². The summed E-state index contributed by atoms with van der Waals surface area (Å²) in [5, 5.41) is 2.14. The van der Waals surface area contributed by atoms with Gasteiger partial charge in [-0.2, -0.15) is 0 Å². The molecule has 0 aliphatic heterocycles. The van der Waals surface area contributed by atoms with E-state index in [2.05, 4.69) is 14.7 Å². The molecule has 5 nitrogen and oxygen atoms in total. The van der Waals surface area contributed by atoms with Crippen molar-refractivity contribution in [1.82, 2.24) is 9.97 Å². The van der Waals surface area contributed by atoms with Crippen LogP contribution in [0.2, 0.25) is 5.28 Å². The van der Waals surface area contributed by atoms with Gasteiger partial charge < -0.3 is 0 Å². The standard InChI is InChI=1S/C15H13Cl2N3O2S2/c16-5-2-6-24(21,22)20-11-4-1-3-10(7-11)12-9-23-13-8-18-15(17)19-14(12)13/h1,3-4,7-9,20H,2,5-6H2. The van der Waals surface area contributed by atoms with E-state index in [1.54, 1.807) is 24.4 Å². The van der Waals surface area contributed by atoms with E-state index in [0.717, 1.165) is 21.3 Å². The lowest BCUT2D eigenvalue weighted by molar-refractivity contribution is 0.600. The maximum Gasteiger partial charge on any atom is 0.232 e. The molecule has 1 aromatic carbocycles. The Balaban J connectivity index is 1.94. The molecule has 2 heterocycles. The largest absolute Gasteiger partial charge is 0.284 e. The highest BCUT2D eigenvalue weighted by molar-refractivity contribution is 7.92. The van der Waals surface area contributed by atoms with Crippen molar-refractivity contribution in [2.24, 2.45) is 0 Å². The summed E-state index contributed by atoms with van der Waals surface area (Å²) in [5.41, 5.74) is 3.00. The number of sulfonamides is 1. The number of anilines is 1. The Hall–Kier alpha value is -1.41. The van der Waals surface area contributed by atoms with Gasteiger partial charge in [-0.3, -0.25) is 4.72 Å². The van der Waals surface area contributed by atoms with Crippen LogP contribution < -0.4 is 4.72 Å². The molecule has 3 aromatic rings. The summed E-state index contributed by atoms with van der Waals surface area (Å²) < 4.78 is 27.5. The third-order valence-corrected chi connectivity index (χ3v) is 6.01. The third-order valence-electron chi connectivity index (χ3n) is 3.28. The van der Waals surface area contributed by atoms with Crippen molar-refractivity contribution in [2.45, 2.75) is 6.42 Å². The van der Waals surface area contributed by atoms with Crippen LogP contribution in [0.4, 0.5) is 5.69 Å². The molecule has 0 saturated carbocycles. The van der Waals surface area contributed by atoms with Crippen LogP contribution in [0.25, 0.3) is 21.3 Å². The maximum absolute atomic E-state index is 12.0. The van der Waals surface area contributed by atoms with Crippen molar-refractivity contribution in [2.75, 3.05) is 16.4 Å². The molecular formula is C15H13Cl2N3O2S2. The molecule has 0 radical (unpaired) electrons. The number of rotatable bonds is 6. The Morgan fingerprint density at radius 3 is 2.92 bits per heavy atom. The molecule has 0 aliphatic carbocycles. The van der Waals surface area contributed by atoms with Gasteiger partial charge in [0.2, 0.25) is 15.3 Å². The molecule has 0 unspecified atom stereocenters. The van der Waals surface area contributed by atoms with Gasteiger partial charge in [-0.05, 0) is 35.7 Å². The summed E-state index contributed by atoms with van der Waals surface area (Å²) in [5.74, 6) is 0.299. The van der Waals surface area contributed by atoms with E-state index in [4.69, 9.17) is 23.2 Å². The minimum atomic E-state index is -3.41. The van der Waals surface area contributed by atoms with Crippen LogP contribution in [-0.2, 0) is 10.0 Å². The van der Waals surface area contributed by atoms with Crippen molar-refractivity contribution >= 4 is 60.5 Å². The van der Waals surface area contributed by atoms with Crippen molar-refractivity contribution < 1.29 is 8.42 Å². The van der Waals surface area contributed by atoms with Crippen molar-refractivity contribution in [3.05, 3.63) is 41.1 Å². The summed E-state index contributed by atoms with van der Waals surface area (Å²) in [6.07, 6.45) is 2.08. The Morgan fingerprint density at radius 2 is 2.12 bits per heavy atom. The first-order valence-electron chi connectivity index (χ1n) is 7.05. The lowest BCUT2D eigenvalue weighted by Gasteiger charge is -2.09. The molecule has 0 aliphatic rings. The van der Waals surface area contributed by atoms with Gasteiger partial charge in [-0.25, -0.2) is 18.4 Å². The number of nitrogens with one attached hydrogen (secondary N) is 1. The lowest BCUT2D eigenvalue weighted by atomic mass is 10.1. The summed E-state index contributed by atoms with van der Waals surface area (Å²) in [6, 6.07) is 7.17. The van der Waals surface area contributed by atoms with Crippen LogP contribution in [0.15, 0.2) is 35.8 Å². The Bertz CT molecular complexity index is 974. The number of hydrogen-bond acceptors (Lipinski definition) is 5. The van der Waals surface area contributed by atoms with Gasteiger partial charge in [0.15, 0.2) is 0 Å². The number of halogens is 2. The van der Waals surface area contributed by atoms with Gasteiger partial charge in [0.05, 0.1) is 16.0 Å². The zero-order valence-corrected chi connectivity index (χ0v) is 15.5. The molecule has 2 aromatic heterocycles. The molecular weight excluding hydrogens is 389 g/mol. The van der Waals surface area contributed by atoms with E-state index in [-0.39, 0.29) is 11.0 Å². The van der Waals surface area contributed by atoms with Gasteiger partial charge >= 0.3 is 0 Å². The third kappa shape index (κ3) is 3.97. The predicted octanol–water partition coefficient (Wildman–Crippen LogP) is 4.38. The van der Waals surface area contributed by atoms with Gasteiger partial charge in [0, 0.05) is 28.7 Å². The number of hydrogen-bond donors (Lipinski definition) is 1. The van der Waals surface area contributed by atoms with Gasteiger partial charge in [-0.15, -0.1) is 22.9 Å². The zero-order valence-electron chi connectivity index (χ0n) is 12.4. The highest BCUT2D eigenvalue weighted by atomic mass is 35.5. The molecule has 24 heavy (non-hydrogen) atoms. The van der Waals surface area contributed by atoms with Crippen LogP contribution in [-0.4, -0.2) is 30.0 Å². The average Bonchev–Trinajstić information content (AvgIpc) is 2.96. The highest BCUT2D eigenvalue weighted by Crippen LogP contribution is 2.34. The number of aromatic nitrogens is 2. The van der Waals surface area contributed by atoms with E-state index < -0.39 is 10.0 Å². The normalized spacial score (nSPS) is 11.8. The second kappa shape index (κ2) is 7.23. The van der Waals surface area contributed by atoms with Gasteiger partial charge in [0.1, 0.15) is 0 Å². The first-order chi connectivity index (χ1) is 11.5. The highest BCUT2D eigenvalue weighted by Gasteiger charge is 2.13. The van der Waals surface area contributed by atoms with Crippen LogP contribution in [0, 0.1) is 0 Å². The number of nitrogens with zero attached hydrogens (tertiary/aromatic N) is 2. The van der Waals surface area contributed by atoms with Crippen molar-refractivity contribution in [3.8, 4) is 11.1 Å². The van der Waals surface area contributed by atoms with Crippen LogP contribution in [0.5, 0.6) is 0 Å². The average molecular weight is 402 g/mol. The fourth-order valence-electron chi connectivity index (χ4n) is 2.24. The molecule has 9 heteroatoms. The quantitative estimate of drug-likeness (QED) is 0.491. The molecule has 0 saturated heterocycles. The smallest absolute Gasteiger partial charge is 0.232 e. The Kier molecular flexibility index (Phi) is 5.24. The number of benzene rings is 1. The fraction of sp³-hybridized carbons (Fsp3) is 0.200. The molecule has 0 atom stereocenters. The zero-order chi connectivity index (χ0) is 17.2. The molecule has 0 bridgehead atoms. The summed E-state index contributed by atoms with van der Waals surface area (Å²) >= 11 is 13.0. The number of fused-ring (bicyclic) bond motifs is 1. The second-order valence-electron chi connectivity index (χ2n) is 5.05. The topological polar surface area (TPSA) is 72.0 Å². The molecule has 0 amide bonds. The minimum absolute atomic E-state index is 0.00899. The van der Waals surface area contributed by atoms with E-state index >= 15 is 0 Å². The Labute approximate surface area is 153 Å². The van der Waals surface area contributed by atoms with Crippen molar-refractivity contribution in [3.63, 3.8) is 0 Å². The van der Waals surface area contributed by atoms with E-state index in [0.29, 0.717) is 18.0 Å². The second-order valence-corrected chi connectivity index (χ2v) is 8.51.